The third-order valence-corrected chi connectivity index (χ3v) is 5.68. The van der Waals surface area contributed by atoms with Gasteiger partial charge in [-0.25, -0.2) is 0 Å². The summed E-state index contributed by atoms with van der Waals surface area (Å²) in [6.07, 6.45) is 0. The van der Waals surface area contributed by atoms with Gasteiger partial charge in [0.25, 0.3) is 5.91 Å². The van der Waals surface area contributed by atoms with Crippen molar-refractivity contribution in [2.75, 3.05) is 46.5 Å². The van der Waals surface area contributed by atoms with Crippen LogP contribution in [0.5, 0.6) is 5.75 Å². The number of hydrogen-bond acceptors (Lipinski definition) is 7. The molecule has 164 valence electrons. The number of carbonyl (C=O) groups excluding carboxylic acids is 2. The quantitative estimate of drug-likeness (QED) is 0.680. The Balaban J connectivity index is 1.69. The molecule has 0 aliphatic carbocycles. The van der Waals surface area contributed by atoms with Gasteiger partial charge in [0.2, 0.25) is 5.78 Å². The molecule has 1 N–H and O–H groups in total. The molecule has 0 spiro atoms. The summed E-state index contributed by atoms with van der Waals surface area (Å²) in [6.45, 7) is 5.57. The molecule has 2 aliphatic rings. The van der Waals surface area contributed by atoms with Gasteiger partial charge < -0.3 is 23.9 Å². The molecular formula is C23H26N2O6. The minimum atomic E-state index is -0.735. The lowest BCUT2D eigenvalue weighted by Gasteiger charge is -2.31. The van der Waals surface area contributed by atoms with Crippen molar-refractivity contribution >= 4 is 11.7 Å². The number of aliphatic hydroxyl groups is 1. The highest BCUT2D eigenvalue weighted by Gasteiger charge is 2.44. The molecule has 1 aromatic carbocycles. The Bertz CT molecular complexity index is 1010. The monoisotopic (exact) mass is 426 g/mol. The Morgan fingerprint density at radius 3 is 2.65 bits per heavy atom. The molecule has 2 aromatic rings. The van der Waals surface area contributed by atoms with Gasteiger partial charge >= 0.3 is 0 Å². The largest absolute Gasteiger partial charge is 0.503 e. The molecule has 1 saturated heterocycles. The summed E-state index contributed by atoms with van der Waals surface area (Å²) >= 11 is 0. The third kappa shape index (κ3) is 4.22. The van der Waals surface area contributed by atoms with Gasteiger partial charge in [-0.2, -0.15) is 0 Å². The molecule has 4 rings (SSSR count). The van der Waals surface area contributed by atoms with Gasteiger partial charge in [-0.1, -0.05) is 12.1 Å². The number of methoxy groups -OCH3 is 1. The molecule has 8 heteroatoms. The number of rotatable bonds is 7. The van der Waals surface area contributed by atoms with Crippen LogP contribution in [0.1, 0.15) is 27.9 Å². The van der Waals surface area contributed by atoms with Gasteiger partial charge in [-0.3, -0.25) is 14.5 Å². The van der Waals surface area contributed by atoms with Crippen LogP contribution in [-0.4, -0.2) is 73.1 Å². The fourth-order valence-corrected chi connectivity index (χ4v) is 4.04. The minimum Gasteiger partial charge on any atom is -0.503 e. The van der Waals surface area contributed by atoms with E-state index in [1.165, 1.54) is 0 Å². The number of aliphatic hydroxyl groups excluding tert-OH is 1. The number of benzene rings is 1. The van der Waals surface area contributed by atoms with Crippen molar-refractivity contribution in [2.24, 2.45) is 0 Å². The van der Waals surface area contributed by atoms with Crippen LogP contribution < -0.4 is 4.74 Å². The topological polar surface area (TPSA) is 92.5 Å². The standard InChI is InChI=1S/C23H26N2O6/c1-15-6-7-18(31-15)21(26)19-20(16-4-3-5-17(14-16)29-2)25(23(28)22(19)27)9-8-24-10-12-30-13-11-24/h3-7,14,20,27H,8-13H2,1-2H3/t20-/m1/s1. The maximum atomic E-state index is 13.3. The summed E-state index contributed by atoms with van der Waals surface area (Å²) in [5.41, 5.74) is 0.708. The summed E-state index contributed by atoms with van der Waals surface area (Å²) in [6, 6.07) is 9.69. The highest BCUT2D eigenvalue weighted by Crippen LogP contribution is 2.39. The molecule has 2 aliphatic heterocycles. The second kappa shape index (κ2) is 8.95. The Morgan fingerprint density at radius 1 is 1.19 bits per heavy atom. The second-order valence-corrected chi connectivity index (χ2v) is 7.63. The van der Waals surface area contributed by atoms with E-state index in [2.05, 4.69) is 4.90 Å². The van der Waals surface area contributed by atoms with E-state index >= 15 is 0 Å². The normalized spacial score (nSPS) is 19.9. The third-order valence-electron chi connectivity index (χ3n) is 5.68. The molecule has 8 nitrogen and oxygen atoms in total. The molecule has 0 unspecified atom stereocenters. The van der Waals surface area contributed by atoms with Crippen LogP contribution >= 0.6 is 0 Å². The number of aryl methyl sites for hydroxylation is 1. The maximum absolute atomic E-state index is 13.3. The average molecular weight is 426 g/mol. The summed E-state index contributed by atoms with van der Waals surface area (Å²) in [7, 11) is 1.56. The first-order valence-corrected chi connectivity index (χ1v) is 10.3. The van der Waals surface area contributed by atoms with Gasteiger partial charge in [-0.15, -0.1) is 0 Å². The SMILES string of the molecule is COc1cccc([C@@H]2C(C(=O)c3ccc(C)o3)=C(O)C(=O)N2CCN2CCOCC2)c1. The van der Waals surface area contributed by atoms with E-state index in [0.717, 1.165) is 13.1 Å². The molecule has 31 heavy (non-hydrogen) atoms. The van der Waals surface area contributed by atoms with Crippen LogP contribution in [0.2, 0.25) is 0 Å². The summed E-state index contributed by atoms with van der Waals surface area (Å²) in [4.78, 5) is 30.0. The molecule has 0 radical (unpaired) electrons. The number of ether oxygens (including phenoxy) is 2. The number of hydrogen-bond donors (Lipinski definition) is 1. The molecule has 0 saturated carbocycles. The fourth-order valence-electron chi connectivity index (χ4n) is 4.04. The molecule has 1 amide bonds. The first kappa shape index (κ1) is 21.1. The van der Waals surface area contributed by atoms with Gasteiger partial charge in [-0.05, 0) is 36.8 Å². The van der Waals surface area contributed by atoms with Gasteiger partial charge in [0.15, 0.2) is 11.5 Å². The van der Waals surface area contributed by atoms with E-state index in [4.69, 9.17) is 13.9 Å². The Kier molecular flexibility index (Phi) is 6.11. The molecular weight excluding hydrogens is 400 g/mol. The van der Waals surface area contributed by atoms with E-state index in [1.807, 2.05) is 6.07 Å². The van der Waals surface area contributed by atoms with Crippen molar-refractivity contribution in [1.82, 2.24) is 9.80 Å². The molecule has 3 heterocycles. The molecule has 1 aromatic heterocycles. The van der Waals surface area contributed by atoms with E-state index in [0.29, 0.717) is 43.4 Å². The fraction of sp³-hybridized carbons (Fsp3) is 0.391. The predicted octanol–water partition coefficient (Wildman–Crippen LogP) is 2.51. The number of nitrogens with zero attached hydrogens (tertiary/aromatic N) is 2. The lowest BCUT2D eigenvalue weighted by Crippen LogP contribution is -2.43. The van der Waals surface area contributed by atoms with Gasteiger partial charge in [0.1, 0.15) is 11.5 Å². The lowest BCUT2D eigenvalue weighted by atomic mass is 9.95. The van der Waals surface area contributed by atoms with Crippen LogP contribution in [0.25, 0.3) is 0 Å². The average Bonchev–Trinajstić information content (AvgIpc) is 3.34. The van der Waals surface area contributed by atoms with E-state index in [1.54, 1.807) is 49.3 Å². The summed E-state index contributed by atoms with van der Waals surface area (Å²) < 4.78 is 16.2. The summed E-state index contributed by atoms with van der Waals surface area (Å²) in [5.74, 6) is -0.322. The highest BCUT2D eigenvalue weighted by atomic mass is 16.5. The lowest BCUT2D eigenvalue weighted by molar-refractivity contribution is -0.129. The van der Waals surface area contributed by atoms with Crippen molar-refractivity contribution in [3.63, 3.8) is 0 Å². The number of ketones is 1. The Labute approximate surface area is 180 Å². The van der Waals surface area contributed by atoms with Crippen LogP contribution in [0, 0.1) is 6.92 Å². The van der Waals surface area contributed by atoms with Crippen molar-refractivity contribution in [3.8, 4) is 5.75 Å². The van der Waals surface area contributed by atoms with E-state index in [-0.39, 0.29) is 11.3 Å². The predicted molar refractivity (Wildman–Crippen MR) is 112 cm³/mol. The zero-order valence-electron chi connectivity index (χ0n) is 17.7. The number of Topliss-reactive ketones (excluding diaryl/α,β-unsaturated/α-hetero) is 1. The zero-order valence-corrected chi connectivity index (χ0v) is 17.7. The number of carbonyl (C=O) groups is 2. The van der Waals surface area contributed by atoms with Gasteiger partial charge in [0, 0.05) is 26.2 Å². The first-order chi connectivity index (χ1) is 15.0. The van der Waals surface area contributed by atoms with Crippen molar-refractivity contribution in [2.45, 2.75) is 13.0 Å². The molecule has 1 fully saturated rings. The van der Waals surface area contributed by atoms with Crippen LogP contribution in [0.4, 0.5) is 0 Å². The van der Waals surface area contributed by atoms with E-state index < -0.39 is 23.5 Å². The minimum absolute atomic E-state index is 0.0228. The Morgan fingerprint density at radius 2 is 1.97 bits per heavy atom. The van der Waals surface area contributed by atoms with Crippen molar-refractivity contribution < 1.29 is 28.6 Å². The van der Waals surface area contributed by atoms with E-state index in [9.17, 15) is 14.7 Å². The van der Waals surface area contributed by atoms with Crippen molar-refractivity contribution in [3.05, 3.63) is 64.8 Å². The number of amides is 1. The highest BCUT2D eigenvalue weighted by molar-refractivity contribution is 6.15. The van der Waals surface area contributed by atoms with Crippen molar-refractivity contribution in [1.29, 1.82) is 0 Å². The van der Waals surface area contributed by atoms with Crippen LogP contribution in [0.15, 0.2) is 52.1 Å². The summed E-state index contributed by atoms with van der Waals surface area (Å²) in [5, 5.41) is 10.7. The number of morpholine rings is 1. The Hall–Kier alpha value is -3.10. The maximum Gasteiger partial charge on any atom is 0.290 e. The van der Waals surface area contributed by atoms with Crippen LogP contribution in [-0.2, 0) is 9.53 Å². The second-order valence-electron chi connectivity index (χ2n) is 7.63. The molecule has 0 bridgehead atoms. The first-order valence-electron chi connectivity index (χ1n) is 10.3. The molecule has 1 atom stereocenters. The van der Waals surface area contributed by atoms with Crippen LogP contribution in [0.3, 0.4) is 0 Å². The van der Waals surface area contributed by atoms with Gasteiger partial charge in [0.05, 0.1) is 31.9 Å². The smallest absolute Gasteiger partial charge is 0.290 e. The zero-order chi connectivity index (χ0) is 22.0. The number of furan rings is 1.